The zero-order valence-electron chi connectivity index (χ0n) is 14.2. The van der Waals surface area contributed by atoms with Crippen molar-refractivity contribution in [1.29, 1.82) is 0 Å². The van der Waals surface area contributed by atoms with Gasteiger partial charge in [-0.15, -0.1) is 0 Å². The van der Waals surface area contributed by atoms with Gasteiger partial charge in [-0.1, -0.05) is 13.8 Å². The number of halogens is 2. The van der Waals surface area contributed by atoms with E-state index >= 15 is 0 Å². The van der Waals surface area contributed by atoms with Crippen LogP contribution in [0.4, 0.5) is 8.78 Å². The molecule has 132 valence electrons. The summed E-state index contributed by atoms with van der Waals surface area (Å²) in [4.78, 5) is 28.3. The first-order chi connectivity index (χ1) is 11.5. The van der Waals surface area contributed by atoms with Crippen LogP contribution < -0.4 is 0 Å². The van der Waals surface area contributed by atoms with Crippen LogP contribution in [0.1, 0.15) is 43.5 Å². The SMILES string of the molecule is CCC(CC)C(=O)N1CCCN(C(=O)c2ccc(F)cc2F)CC1. The van der Waals surface area contributed by atoms with E-state index in [2.05, 4.69) is 0 Å². The van der Waals surface area contributed by atoms with Gasteiger partial charge in [0.1, 0.15) is 11.6 Å². The third-order valence-corrected chi connectivity index (χ3v) is 4.59. The second-order valence-electron chi connectivity index (χ2n) is 6.11. The molecule has 1 aliphatic heterocycles. The lowest BCUT2D eigenvalue weighted by molar-refractivity contribution is -0.135. The van der Waals surface area contributed by atoms with E-state index in [9.17, 15) is 18.4 Å². The fourth-order valence-electron chi connectivity index (χ4n) is 3.07. The molecule has 0 atom stereocenters. The molecule has 1 heterocycles. The maximum Gasteiger partial charge on any atom is 0.256 e. The molecule has 1 fully saturated rings. The number of hydrogen-bond acceptors (Lipinski definition) is 2. The number of hydrogen-bond donors (Lipinski definition) is 0. The normalized spacial score (nSPS) is 15.5. The van der Waals surface area contributed by atoms with Crippen LogP contribution in [0, 0.1) is 17.6 Å². The standard InChI is InChI=1S/C18H24F2N2O2/c1-3-13(4-2)17(23)21-8-5-9-22(11-10-21)18(24)15-7-6-14(19)12-16(15)20/h6-7,12-13H,3-5,8-11H2,1-2H3. The maximum atomic E-state index is 13.8. The number of benzene rings is 1. The number of carbonyl (C=O) groups is 2. The summed E-state index contributed by atoms with van der Waals surface area (Å²) in [5.74, 6) is -1.87. The summed E-state index contributed by atoms with van der Waals surface area (Å²) in [5.41, 5.74) is -0.129. The Morgan fingerprint density at radius 1 is 1.04 bits per heavy atom. The Kier molecular flexibility index (Phi) is 6.29. The molecule has 2 rings (SSSR count). The fraction of sp³-hybridized carbons (Fsp3) is 0.556. The Labute approximate surface area is 141 Å². The van der Waals surface area contributed by atoms with Gasteiger partial charge in [-0.05, 0) is 31.4 Å². The van der Waals surface area contributed by atoms with Gasteiger partial charge in [0, 0.05) is 38.2 Å². The average Bonchev–Trinajstić information content (AvgIpc) is 2.81. The molecule has 0 saturated carbocycles. The smallest absolute Gasteiger partial charge is 0.256 e. The Balaban J connectivity index is 2.05. The third-order valence-electron chi connectivity index (χ3n) is 4.59. The zero-order valence-corrected chi connectivity index (χ0v) is 14.2. The zero-order chi connectivity index (χ0) is 17.7. The van der Waals surface area contributed by atoms with E-state index in [-0.39, 0.29) is 17.4 Å². The van der Waals surface area contributed by atoms with E-state index in [4.69, 9.17) is 0 Å². The van der Waals surface area contributed by atoms with Crippen LogP contribution in [0.3, 0.4) is 0 Å². The molecule has 0 bridgehead atoms. The lowest BCUT2D eigenvalue weighted by atomic mass is 10.0. The van der Waals surface area contributed by atoms with Gasteiger partial charge in [-0.2, -0.15) is 0 Å². The number of rotatable bonds is 4. The van der Waals surface area contributed by atoms with Crippen molar-refractivity contribution in [2.45, 2.75) is 33.1 Å². The van der Waals surface area contributed by atoms with Crippen LogP contribution in [0.25, 0.3) is 0 Å². The Bertz CT molecular complexity index is 603. The summed E-state index contributed by atoms with van der Waals surface area (Å²) in [6.45, 7) is 5.87. The van der Waals surface area contributed by atoms with E-state index in [1.807, 2.05) is 13.8 Å². The Hall–Kier alpha value is -1.98. The van der Waals surface area contributed by atoms with Crippen molar-refractivity contribution < 1.29 is 18.4 Å². The molecule has 1 aromatic rings. The summed E-state index contributed by atoms with van der Waals surface area (Å²) in [5, 5.41) is 0. The van der Waals surface area contributed by atoms with E-state index in [0.29, 0.717) is 38.7 Å². The molecule has 6 heteroatoms. The molecule has 2 amide bonds. The van der Waals surface area contributed by atoms with Gasteiger partial charge in [-0.3, -0.25) is 9.59 Å². The van der Waals surface area contributed by atoms with Crippen LogP contribution in [-0.2, 0) is 4.79 Å². The van der Waals surface area contributed by atoms with Gasteiger partial charge in [0.05, 0.1) is 5.56 Å². The van der Waals surface area contributed by atoms with E-state index < -0.39 is 17.5 Å². The minimum Gasteiger partial charge on any atom is -0.341 e. The van der Waals surface area contributed by atoms with Crippen molar-refractivity contribution in [2.24, 2.45) is 5.92 Å². The molecule has 4 nitrogen and oxygen atoms in total. The molecule has 0 N–H and O–H groups in total. The Morgan fingerprint density at radius 3 is 2.29 bits per heavy atom. The molecular formula is C18H24F2N2O2. The lowest BCUT2D eigenvalue weighted by Crippen LogP contribution is -2.40. The summed E-state index contributed by atoms with van der Waals surface area (Å²) >= 11 is 0. The molecule has 0 radical (unpaired) electrons. The van der Waals surface area contributed by atoms with Crippen LogP contribution in [0.5, 0.6) is 0 Å². The van der Waals surface area contributed by atoms with Crippen molar-refractivity contribution in [1.82, 2.24) is 9.80 Å². The second kappa shape index (κ2) is 8.22. The largest absolute Gasteiger partial charge is 0.341 e. The number of amides is 2. The minimum atomic E-state index is -0.853. The van der Waals surface area contributed by atoms with Gasteiger partial charge in [0.25, 0.3) is 5.91 Å². The monoisotopic (exact) mass is 338 g/mol. The van der Waals surface area contributed by atoms with Crippen molar-refractivity contribution in [3.8, 4) is 0 Å². The van der Waals surface area contributed by atoms with Crippen LogP contribution >= 0.6 is 0 Å². The third kappa shape index (κ3) is 4.10. The topological polar surface area (TPSA) is 40.6 Å². The molecule has 0 aromatic heterocycles. The van der Waals surface area contributed by atoms with E-state index in [0.717, 1.165) is 18.9 Å². The lowest BCUT2D eigenvalue weighted by Gasteiger charge is -2.25. The highest BCUT2D eigenvalue weighted by Gasteiger charge is 2.27. The quantitative estimate of drug-likeness (QED) is 0.846. The van der Waals surface area contributed by atoms with Crippen molar-refractivity contribution in [3.63, 3.8) is 0 Å². The van der Waals surface area contributed by atoms with Gasteiger partial charge in [-0.25, -0.2) is 8.78 Å². The second-order valence-corrected chi connectivity index (χ2v) is 6.11. The predicted molar refractivity (Wildman–Crippen MR) is 87.5 cm³/mol. The maximum absolute atomic E-state index is 13.8. The molecule has 0 aliphatic carbocycles. The molecule has 1 saturated heterocycles. The average molecular weight is 338 g/mol. The predicted octanol–water partition coefficient (Wildman–Crippen LogP) is 3.08. The van der Waals surface area contributed by atoms with Gasteiger partial charge < -0.3 is 9.80 Å². The molecular weight excluding hydrogens is 314 g/mol. The highest BCUT2D eigenvalue weighted by Crippen LogP contribution is 2.17. The molecule has 1 aromatic carbocycles. The first-order valence-corrected chi connectivity index (χ1v) is 8.51. The highest BCUT2D eigenvalue weighted by molar-refractivity contribution is 5.94. The van der Waals surface area contributed by atoms with Crippen molar-refractivity contribution in [3.05, 3.63) is 35.4 Å². The number of nitrogens with zero attached hydrogens (tertiary/aromatic N) is 2. The first-order valence-electron chi connectivity index (χ1n) is 8.51. The molecule has 0 unspecified atom stereocenters. The summed E-state index contributed by atoms with van der Waals surface area (Å²) in [6.07, 6.45) is 2.25. The highest BCUT2D eigenvalue weighted by atomic mass is 19.1. The first kappa shape index (κ1) is 18.4. The van der Waals surface area contributed by atoms with Crippen LogP contribution in [0.2, 0.25) is 0 Å². The Morgan fingerprint density at radius 2 is 1.67 bits per heavy atom. The minimum absolute atomic E-state index is 0.0156. The van der Waals surface area contributed by atoms with E-state index in [1.165, 1.54) is 11.0 Å². The van der Waals surface area contributed by atoms with E-state index in [1.54, 1.807) is 4.90 Å². The van der Waals surface area contributed by atoms with Gasteiger partial charge in [0.15, 0.2) is 0 Å². The van der Waals surface area contributed by atoms with Gasteiger partial charge >= 0.3 is 0 Å². The van der Waals surface area contributed by atoms with Crippen molar-refractivity contribution in [2.75, 3.05) is 26.2 Å². The van der Waals surface area contributed by atoms with Crippen molar-refractivity contribution >= 4 is 11.8 Å². The van der Waals surface area contributed by atoms with Crippen LogP contribution in [0.15, 0.2) is 18.2 Å². The summed E-state index contributed by atoms with van der Waals surface area (Å²) < 4.78 is 26.8. The summed E-state index contributed by atoms with van der Waals surface area (Å²) in [6, 6.07) is 2.97. The van der Waals surface area contributed by atoms with Crippen LogP contribution in [-0.4, -0.2) is 47.8 Å². The molecule has 24 heavy (non-hydrogen) atoms. The van der Waals surface area contributed by atoms with Gasteiger partial charge in [0.2, 0.25) is 5.91 Å². The molecule has 1 aliphatic rings. The fourth-order valence-corrected chi connectivity index (χ4v) is 3.07. The number of carbonyl (C=O) groups excluding carboxylic acids is 2. The summed E-state index contributed by atoms with van der Waals surface area (Å²) in [7, 11) is 0. The molecule has 0 spiro atoms.